The van der Waals surface area contributed by atoms with Crippen LogP contribution in [0.3, 0.4) is 0 Å². The first-order valence-electron chi connectivity index (χ1n) is 11.7. The number of aromatic nitrogens is 5. The average molecular weight is 589 g/mol. The monoisotopic (exact) mass is 588 g/mol. The minimum atomic E-state index is -4.67. The van der Waals surface area contributed by atoms with Crippen molar-refractivity contribution in [3.05, 3.63) is 46.5 Å². The Kier molecular flexibility index (Phi) is 5.56. The van der Waals surface area contributed by atoms with Crippen LogP contribution in [-0.2, 0) is 22.3 Å². The van der Waals surface area contributed by atoms with E-state index in [1.165, 1.54) is 17.8 Å². The average Bonchev–Trinajstić information content (AvgIpc) is 3.38. The maximum Gasteiger partial charge on any atom is 0.433 e. The molecular formula is C24H20BrF3N8O2. The van der Waals surface area contributed by atoms with Gasteiger partial charge in [0.05, 0.1) is 10.9 Å². The quantitative estimate of drug-likeness (QED) is 0.347. The molecule has 1 saturated heterocycles. The Hall–Kier alpha value is -3.81. The van der Waals surface area contributed by atoms with Crippen molar-refractivity contribution in [2.75, 3.05) is 11.1 Å². The number of hydrogen-bond acceptors (Lipinski definition) is 7. The molecular weight excluding hydrogens is 569 g/mol. The Morgan fingerprint density at radius 3 is 2.74 bits per heavy atom. The van der Waals surface area contributed by atoms with Gasteiger partial charge in [-0.3, -0.25) is 9.59 Å². The molecule has 2 fully saturated rings. The Morgan fingerprint density at radius 1 is 1.21 bits per heavy atom. The lowest BCUT2D eigenvalue weighted by Crippen LogP contribution is -2.46. The molecule has 4 aromatic heterocycles. The van der Waals surface area contributed by atoms with Gasteiger partial charge in [0.25, 0.3) is 0 Å². The number of fused-ring (bicyclic) bond motifs is 4. The number of carbonyl (C=O) groups is 2. The molecule has 0 bridgehead atoms. The van der Waals surface area contributed by atoms with E-state index in [2.05, 4.69) is 41.2 Å². The van der Waals surface area contributed by atoms with Crippen molar-refractivity contribution in [3.63, 3.8) is 0 Å². The van der Waals surface area contributed by atoms with Gasteiger partial charge >= 0.3 is 6.18 Å². The van der Waals surface area contributed by atoms with Crippen LogP contribution in [0.15, 0.2) is 35.2 Å². The standard InChI is InChI=1S/C24H20BrF3N8O2/c1-10-5-14(24(26,27)28)32-19-18-21(29)30-9-31-22(18)35(20(10)19)8-17(37)36-12-6-11(12)7-13(36)23(38)34-16-4-2-3-15(25)33-16/h2-5,9,11-13H,6-8H2,1H3,(H2,29,30,31)(H,33,34,38)/t11-,12-,13+/m1/s1. The second-order valence-corrected chi connectivity index (χ2v) is 10.3. The number of amides is 2. The number of pyridine rings is 2. The van der Waals surface area contributed by atoms with Crippen LogP contribution in [0.4, 0.5) is 24.8 Å². The topological polar surface area (TPSA) is 132 Å². The lowest BCUT2D eigenvalue weighted by molar-refractivity contribution is -0.141. The van der Waals surface area contributed by atoms with Gasteiger partial charge in [-0.1, -0.05) is 6.07 Å². The number of nitrogens with one attached hydrogen (secondary N) is 1. The largest absolute Gasteiger partial charge is 0.433 e. The number of aryl methyl sites for hydroxylation is 1. The molecule has 1 aliphatic carbocycles. The second-order valence-electron chi connectivity index (χ2n) is 9.51. The molecule has 2 amide bonds. The summed E-state index contributed by atoms with van der Waals surface area (Å²) in [6, 6.07) is 5.27. The van der Waals surface area contributed by atoms with E-state index < -0.39 is 17.9 Å². The first-order chi connectivity index (χ1) is 18.0. The van der Waals surface area contributed by atoms with Crippen LogP contribution in [0.25, 0.3) is 22.1 Å². The number of piperidine rings is 1. The fourth-order valence-corrected chi connectivity index (χ4v) is 5.70. The van der Waals surface area contributed by atoms with E-state index >= 15 is 0 Å². The van der Waals surface area contributed by atoms with Gasteiger partial charge in [-0.15, -0.1) is 0 Å². The molecule has 3 N–H and O–H groups in total. The lowest BCUT2D eigenvalue weighted by Gasteiger charge is -2.27. The third-order valence-electron chi connectivity index (χ3n) is 7.05. The minimum Gasteiger partial charge on any atom is -0.383 e. The zero-order valence-electron chi connectivity index (χ0n) is 19.8. The molecule has 0 unspecified atom stereocenters. The maximum atomic E-state index is 13.7. The third kappa shape index (κ3) is 4.03. The molecule has 3 atom stereocenters. The second kappa shape index (κ2) is 8.61. The molecule has 5 heterocycles. The van der Waals surface area contributed by atoms with Gasteiger partial charge in [-0.25, -0.2) is 19.9 Å². The van der Waals surface area contributed by atoms with Crippen LogP contribution in [0.1, 0.15) is 24.1 Å². The highest BCUT2D eigenvalue weighted by Gasteiger charge is 2.56. The van der Waals surface area contributed by atoms with Crippen LogP contribution >= 0.6 is 15.9 Å². The number of anilines is 2. The number of alkyl halides is 3. The number of halogens is 4. The van der Waals surface area contributed by atoms with E-state index in [1.807, 2.05) is 0 Å². The highest BCUT2D eigenvalue weighted by Crippen LogP contribution is 2.48. The van der Waals surface area contributed by atoms with Crippen molar-refractivity contribution in [3.8, 4) is 0 Å². The summed E-state index contributed by atoms with van der Waals surface area (Å²) in [4.78, 5) is 44.6. The zero-order chi connectivity index (χ0) is 26.9. The van der Waals surface area contributed by atoms with Gasteiger partial charge in [0.1, 0.15) is 52.0 Å². The Balaban J connectivity index is 1.37. The van der Waals surface area contributed by atoms with Crippen molar-refractivity contribution in [1.82, 2.24) is 29.4 Å². The third-order valence-corrected chi connectivity index (χ3v) is 7.49. The highest BCUT2D eigenvalue weighted by atomic mass is 79.9. The number of nitrogens with two attached hydrogens (primary N) is 1. The van der Waals surface area contributed by atoms with Crippen molar-refractivity contribution < 1.29 is 22.8 Å². The van der Waals surface area contributed by atoms with Crippen LogP contribution in [0.2, 0.25) is 0 Å². The highest BCUT2D eigenvalue weighted by molar-refractivity contribution is 9.10. The summed E-state index contributed by atoms with van der Waals surface area (Å²) >= 11 is 3.27. The van der Waals surface area contributed by atoms with Crippen molar-refractivity contribution >= 4 is 61.4 Å². The molecule has 1 saturated carbocycles. The molecule has 4 aromatic rings. The van der Waals surface area contributed by atoms with Crippen LogP contribution in [0, 0.1) is 12.8 Å². The molecule has 10 nitrogen and oxygen atoms in total. The summed E-state index contributed by atoms with van der Waals surface area (Å²) in [5.41, 5.74) is 5.68. The normalized spacial score (nSPS) is 20.7. The van der Waals surface area contributed by atoms with E-state index in [0.717, 1.165) is 12.5 Å². The number of hydrogen-bond donors (Lipinski definition) is 2. The first-order valence-corrected chi connectivity index (χ1v) is 12.5. The molecule has 6 rings (SSSR count). The molecule has 14 heteroatoms. The van der Waals surface area contributed by atoms with Crippen molar-refractivity contribution in [2.45, 2.75) is 44.6 Å². The number of rotatable bonds is 4. The van der Waals surface area contributed by atoms with E-state index in [1.54, 1.807) is 23.1 Å². The van der Waals surface area contributed by atoms with Gasteiger partial charge in [-0.2, -0.15) is 13.2 Å². The molecule has 0 radical (unpaired) electrons. The summed E-state index contributed by atoms with van der Waals surface area (Å²) in [5, 5.41) is 2.92. The number of nitrogen functional groups attached to an aromatic ring is 1. The molecule has 1 aliphatic heterocycles. The fraction of sp³-hybridized carbons (Fsp3) is 0.333. The van der Waals surface area contributed by atoms with Gasteiger partial charge in [-0.05, 0) is 65.4 Å². The predicted molar refractivity (Wildman–Crippen MR) is 135 cm³/mol. The summed E-state index contributed by atoms with van der Waals surface area (Å²) in [7, 11) is 0. The number of carbonyl (C=O) groups excluding carboxylic acids is 2. The Labute approximate surface area is 221 Å². The lowest BCUT2D eigenvalue weighted by atomic mass is 10.1. The van der Waals surface area contributed by atoms with Gasteiger partial charge < -0.3 is 20.5 Å². The summed E-state index contributed by atoms with van der Waals surface area (Å²) in [5.74, 6) is -0.169. The molecule has 38 heavy (non-hydrogen) atoms. The van der Waals surface area contributed by atoms with Gasteiger partial charge in [0.15, 0.2) is 0 Å². The molecule has 2 aliphatic rings. The van der Waals surface area contributed by atoms with Crippen LogP contribution in [0.5, 0.6) is 0 Å². The van der Waals surface area contributed by atoms with E-state index in [4.69, 9.17) is 5.73 Å². The summed E-state index contributed by atoms with van der Waals surface area (Å²) in [6.07, 6.45) is -2.17. The van der Waals surface area contributed by atoms with E-state index in [-0.39, 0.29) is 58.3 Å². The van der Waals surface area contributed by atoms with Crippen molar-refractivity contribution in [2.24, 2.45) is 5.92 Å². The summed E-state index contributed by atoms with van der Waals surface area (Å²) < 4.78 is 42.6. The number of likely N-dealkylation sites (tertiary alicyclic amines) is 1. The SMILES string of the molecule is Cc1cc(C(F)(F)F)nc2c3c(N)ncnc3n(CC(=O)N3[C@@H]4C[C@@H]4C[C@H]3C(=O)Nc3cccc(Br)n3)c12. The molecule has 196 valence electrons. The van der Waals surface area contributed by atoms with E-state index in [0.29, 0.717) is 22.4 Å². The Bertz CT molecular complexity index is 1640. The smallest absolute Gasteiger partial charge is 0.383 e. The molecule has 0 spiro atoms. The zero-order valence-corrected chi connectivity index (χ0v) is 21.4. The van der Waals surface area contributed by atoms with Gasteiger partial charge in [0, 0.05) is 6.04 Å². The summed E-state index contributed by atoms with van der Waals surface area (Å²) in [6.45, 7) is 1.25. The van der Waals surface area contributed by atoms with Crippen molar-refractivity contribution in [1.29, 1.82) is 0 Å². The maximum absolute atomic E-state index is 13.7. The minimum absolute atomic E-state index is 0.0287. The Morgan fingerprint density at radius 2 is 2.00 bits per heavy atom. The molecule has 0 aromatic carbocycles. The fourth-order valence-electron chi connectivity index (χ4n) is 5.36. The first kappa shape index (κ1) is 24.5. The van der Waals surface area contributed by atoms with E-state index in [9.17, 15) is 22.8 Å². The number of nitrogens with zero attached hydrogens (tertiary/aromatic N) is 6. The predicted octanol–water partition coefficient (Wildman–Crippen LogP) is 3.67. The van der Waals surface area contributed by atoms with Crippen LogP contribution in [-0.4, -0.2) is 53.3 Å². The van der Waals surface area contributed by atoms with Crippen LogP contribution < -0.4 is 11.1 Å². The van der Waals surface area contributed by atoms with Gasteiger partial charge in [0.2, 0.25) is 11.8 Å².